The highest BCUT2D eigenvalue weighted by molar-refractivity contribution is 5.67. The Morgan fingerprint density at radius 1 is 1.23 bits per heavy atom. The molecule has 0 saturated heterocycles. The normalized spacial score (nSPS) is 10.6. The standard InChI is InChI=1S/C17H17FN2O2/c18-15-9-10-16(20-12-15)8-4-5-11-19-17(21)22-13-14-6-2-1-3-7-14/h1-4,6-10,12H,5,11,13H2,(H,19,21). The lowest BCUT2D eigenvalue weighted by Crippen LogP contribution is -2.24. The van der Waals surface area contributed by atoms with Gasteiger partial charge in [-0.15, -0.1) is 0 Å². The number of carbonyl (C=O) groups is 1. The molecule has 1 aromatic heterocycles. The molecule has 0 spiro atoms. The number of pyridine rings is 1. The molecule has 0 atom stereocenters. The molecular formula is C17H17FN2O2. The average Bonchev–Trinajstić information content (AvgIpc) is 2.55. The van der Waals surface area contributed by atoms with Gasteiger partial charge in [0.1, 0.15) is 12.4 Å². The van der Waals surface area contributed by atoms with E-state index in [1.165, 1.54) is 12.3 Å². The van der Waals surface area contributed by atoms with Crippen LogP contribution in [0.25, 0.3) is 6.08 Å². The highest BCUT2D eigenvalue weighted by atomic mass is 19.1. The van der Waals surface area contributed by atoms with Crippen LogP contribution in [0.2, 0.25) is 0 Å². The van der Waals surface area contributed by atoms with E-state index in [4.69, 9.17) is 4.74 Å². The van der Waals surface area contributed by atoms with E-state index >= 15 is 0 Å². The molecule has 1 N–H and O–H groups in total. The second-order valence-electron chi connectivity index (χ2n) is 4.58. The number of aromatic nitrogens is 1. The van der Waals surface area contributed by atoms with Crippen molar-refractivity contribution >= 4 is 12.2 Å². The number of rotatable bonds is 6. The first-order valence-corrected chi connectivity index (χ1v) is 6.97. The highest BCUT2D eigenvalue weighted by Gasteiger charge is 2.00. The maximum absolute atomic E-state index is 12.7. The van der Waals surface area contributed by atoms with Crippen molar-refractivity contribution < 1.29 is 13.9 Å². The van der Waals surface area contributed by atoms with Gasteiger partial charge in [-0.25, -0.2) is 9.18 Å². The van der Waals surface area contributed by atoms with Crippen LogP contribution in [0.4, 0.5) is 9.18 Å². The van der Waals surface area contributed by atoms with Crippen molar-refractivity contribution in [2.45, 2.75) is 13.0 Å². The Morgan fingerprint density at radius 2 is 2.05 bits per heavy atom. The first-order chi connectivity index (χ1) is 10.7. The summed E-state index contributed by atoms with van der Waals surface area (Å²) in [5.41, 5.74) is 1.62. The molecule has 0 aliphatic carbocycles. The van der Waals surface area contributed by atoms with E-state index in [-0.39, 0.29) is 12.4 Å². The van der Waals surface area contributed by atoms with E-state index in [0.717, 1.165) is 5.56 Å². The average molecular weight is 300 g/mol. The number of ether oxygens (including phenoxy) is 1. The Kier molecular flexibility index (Phi) is 6.11. The Bertz CT molecular complexity index is 612. The molecule has 0 radical (unpaired) electrons. The monoisotopic (exact) mass is 300 g/mol. The first kappa shape index (κ1) is 15.7. The molecule has 0 saturated carbocycles. The van der Waals surface area contributed by atoms with Crippen molar-refractivity contribution in [1.82, 2.24) is 10.3 Å². The summed E-state index contributed by atoms with van der Waals surface area (Å²) in [5.74, 6) is -0.361. The largest absolute Gasteiger partial charge is 0.445 e. The van der Waals surface area contributed by atoms with Crippen LogP contribution in [0.15, 0.2) is 54.7 Å². The fourth-order valence-corrected chi connectivity index (χ4v) is 1.72. The Labute approximate surface area is 128 Å². The maximum atomic E-state index is 12.7. The van der Waals surface area contributed by atoms with Crippen LogP contribution in [0, 0.1) is 5.82 Å². The molecule has 0 bridgehead atoms. The van der Waals surface area contributed by atoms with Gasteiger partial charge in [0.05, 0.1) is 11.9 Å². The number of hydrogen-bond donors (Lipinski definition) is 1. The fourth-order valence-electron chi connectivity index (χ4n) is 1.72. The molecule has 0 unspecified atom stereocenters. The smallest absolute Gasteiger partial charge is 0.407 e. The summed E-state index contributed by atoms with van der Waals surface area (Å²) in [6.45, 7) is 0.716. The molecule has 2 rings (SSSR count). The van der Waals surface area contributed by atoms with Gasteiger partial charge in [-0.2, -0.15) is 0 Å². The number of hydrogen-bond acceptors (Lipinski definition) is 3. The van der Waals surface area contributed by atoms with Crippen molar-refractivity contribution in [3.63, 3.8) is 0 Å². The molecule has 0 fully saturated rings. The molecule has 1 heterocycles. The molecular weight excluding hydrogens is 283 g/mol. The summed E-state index contributed by atoms with van der Waals surface area (Å²) in [4.78, 5) is 15.4. The van der Waals surface area contributed by atoms with Gasteiger partial charge < -0.3 is 10.1 Å². The van der Waals surface area contributed by atoms with Gasteiger partial charge in [0, 0.05) is 6.54 Å². The second kappa shape index (κ2) is 8.56. The van der Waals surface area contributed by atoms with E-state index in [0.29, 0.717) is 18.7 Å². The SMILES string of the molecule is O=C(NCCC=Cc1ccc(F)cn1)OCc1ccccc1. The molecule has 0 aliphatic heterocycles. The maximum Gasteiger partial charge on any atom is 0.407 e. The van der Waals surface area contributed by atoms with Crippen molar-refractivity contribution in [3.8, 4) is 0 Å². The number of nitrogens with one attached hydrogen (secondary N) is 1. The molecule has 1 aromatic carbocycles. The van der Waals surface area contributed by atoms with Gasteiger partial charge in [-0.05, 0) is 30.2 Å². The van der Waals surface area contributed by atoms with Crippen LogP contribution in [-0.4, -0.2) is 17.6 Å². The predicted molar refractivity (Wildman–Crippen MR) is 82.5 cm³/mol. The lowest BCUT2D eigenvalue weighted by Gasteiger charge is -2.05. The minimum Gasteiger partial charge on any atom is -0.445 e. The summed E-state index contributed by atoms with van der Waals surface area (Å²) >= 11 is 0. The minimum atomic E-state index is -0.447. The van der Waals surface area contributed by atoms with Gasteiger partial charge in [-0.3, -0.25) is 4.98 Å². The number of nitrogens with zero attached hydrogens (tertiary/aromatic N) is 1. The molecule has 22 heavy (non-hydrogen) atoms. The zero-order valence-electron chi connectivity index (χ0n) is 12.0. The third kappa shape index (κ3) is 5.75. The molecule has 4 nitrogen and oxygen atoms in total. The third-order valence-corrected chi connectivity index (χ3v) is 2.83. The lowest BCUT2D eigenvalue weighted by atomic mass is 10.2. The van der Waals surface area contributed by atoms with Crippen LogP contribution in [0.3, 0.4) is 0 Å². The number of alkyl carbamates (subject to hydrolysis) is 1. The predicted octanol–water partition coefficient (Wildman–Crippen LogP) is 3.55. The summed E-state index contributed by atoms with van der Waals surface area (Å²) in [6.07, 6.45) is 4.99. The highest BCUT2D eigenvalue weighted by Crippen LogP contribution is 2.02. The van der Waals surface area contributed by atoms with E-state index in [9.17, 15) is 9.18 Å². The molecule has 114 valence electrons. The fraction of sp³-hybridized carbons (Fsp3) is 0.176. The van der Waals surface area contributed by atoms with Crippen LogP contribution < -0.4 is 5.32 Å². The van der Waals surface area contributed by atoms with E-state index < -0.39 is 6.09 Å². The molecule has 5 heteroatoms. The second-order valence-corrected chi connectivity index (χ2v) is 4.58. The van der Waals surface area contributed by atoms with E-state index in [1.807, 2.05) is 36.4 Å². The zero-order chi connectivity index (χ0) is 15.6. The van der Waals surface area contributed by atoms with Crippen molar-refractivity contribution in [1.29, 1.82) is 0 Å². The molecule has 1 amide bonds. The van der Waals surface area contributed by atoms with Crippen molar-refractivity contribution in [3.05, 3.63) is 71.8 Å². The minimum absolute atomic E-state index is 0.252. The number of benzene rings is 1. The molecule has 0 aliphatic rings. The number of amides is 1. The zero-order valence-corrected chi connectivity index (χ0v) is 12.0. The van der Waals surface area contributed by atoms with Gasteiger partial charge >= 0.3 is 6.09 Å². The van der Waals surface area contributed by atoms with Gasteiger partial charge in [0.25, 0.3) is 0 Å². The van der Waals surface area contributed by atoms with Crippen LogP contribution >= 0.6 is 0 Å². The van der Waals surface area contributed by atoms with E-state index in [2.05, 4.69) is 10.3 Å². The summed E-state index contributed by atoms with van der Waals surface area (Å²) in [7, 11) is 0. The summed E-state index contributed by atoms with van der Waals surface area (Å²) in [5, 5.41) is 2.66. The number of halogens is 1. The third-order valence-electron chi connectivity index (χ3n) is 2.83. The Morgan fingerprint density at radius 3 is 2.77 bits per heavy atom. The first-order valence-electron chi connectivity index (χ1n) is 6.97. The Balaban J connectivity index is 1.61. The van der Waals surface area contributed by atoms with Gasteiger partial charge in [0.15, 0.2) is 0 Å². The Hall–Kier alpha value is -2.69. The van der Waals surface area contributed by atoms with Crippen LogP contribution in [-0.2, 0) is 11.3 Å². The van der Waals surface area contributed by atoms with Crippen LogP contribution in [0.5, 0.6) is 0 Å². The molecule has 2 aromatic rings. The topological polar surface area (TPSA) is 51.2 Å². The number of carbonyl (C=O) groups excluding carboxylic acids is 1. The summed E-state index contributed by atoms with van der Waals surface area (Å²) < 4.78 is 17.7. The van der Waals surface area contributed by atoms with Crippen LogP contribution in [0.1, 0.15) is 17.7 Å². The van der Waals surface area contributed by atoms with E-state index in [1.54, 1.807) is 12.1 Å². The van der Waals surface area contributed by atoms with Crippen molar-refractivity contribution in [2.75, 3.05) is 6.54 Å². The summed E-state index contributed by atoms with van der Waals surface area (Å²) in [6, 6.07) is 12.4. The quantitative estimate of drug-likeness (QED) is 0.830. The van der Waals surface area contributed by atoms with Crippen molar-refractivity contribution in [2.24, 2.45) is 0 Å². The lowest BCUT2D eigenvalue weighted by molar-refractivity contribution is 0.140. The van der Waals surface area contributed by atoms with Gasteiger partial charge in [0.2, 0.25) is 0 Å². The van der Waals surface area contributed by atoms with Gasteiger partial charge in [-0.1, -0.05) is 36.4 Å².